The van der Waals surface area contributed by atoms with Gasteiger partial charge in [-0.2, -0.15) is 0 Å². The molecule has 0 unspecified atom stereocenters. The number of hydrogen-bond acceptors (Lipinski definition) is 4. The van der Waals surface area contributed by atoms with Gasteiger partial charge in [-0.3, -0.25) is 0 Å². The molecule has 0 aliphatic rings. The number of benzene rings is 1. The van der Waals surface area contributed by atoms with Gasteiger partial charge in [0, 0.05) is 23.5 Å². The van der Waals surface area contributed by atoms with Crippen molar-refractivity contribution in [2.75, 3.05) is 0 Å². The quantitative estimate of drug-likeness (QED) is 0.919. The first kappa shape index (κ1) is 13.5. The molecule has 19 heavy (non-hydrogen) atoms. The number of hydrogen-bond donors (Lipinski definition) is 1. The number of aliphatic hydroxyl groups excluding tert-OH is 1. The summed E-state index contributed by atoms with van der Waals surface area (Å²) in [6.45, 7) is 6.32. The third-order valence-corrected chi connectivity index (χ3v) is 2.76. The predicted molar refractivity (Wildman–Crippen MR) is 73.2 cm³/mol. The van der Waals surface area contributed by atoms with Gasteiger partial charge >= 0.3 is 6.01 Å². The SMILES string of the molecule is CC(C)(C)c1ccccc1Oc1ncc(CO)cn1. The molecule has 0 atom stereocenters. The molecule has 0 bridgehead atoms. The fraction of sp³-hybridized carbons (Fsp3) is 0.333. The molecule has 0 saturated heterocycles. The maximum absolute atomic E-state index is 8.95. The van der Waals surface area contributed by atoms with Crippen LogP contribution in [0.1, 0.15) is 31.9 Å². The average Bonchev–Trinajstić information content (AvgIpc) is 2.39. The van der Waals surface area contributed by atoms with E-state index in [4.69, 9.17) is 9.84 Å². The van der Waals surface area contributed by atoms with E-state index in [-0.39, 0.29) is 18.0 Å². The van der Waals surface area contributed by atoms with E-state index >= 15 is 0 Å². The monoisotopic (exact) mass is 258 g/mol. The Morgan fingerprint density at radius 1 is 1.11 bits per heavy atom. The maximum atomic E-state index is 8.95. The van der Waals surface area contributed by atoms with Crippen molar-refractivity contribution in [3.63, 3.8) is 0 Å². The molecule has 4 nitrogen and oxygen atoms in total. The smallest absolute Gasteiger partial charge is 0.321 e. The summed E-state index contributed by atoms with van der Waals surface area (Å²) < 4.78 is 5.73. The number of para-hydroxylation sites is 1. The van der Waals surface area contributed by atoms with Crippen molar-refractivity contribution in [2.45, 2.75) is 32.8 Å². The van der Waals surface area contributed by atoms with E-state index in [0.29, 0.717) is 5.56 Å². The first-order chi connectivity index (χ1) is 9.00. The van der Waals surface area contributed by atoms with Gasteiger partial charge in [0.15, 0.2) is 0 Å². The molecule has 0 amide bonds. The molecule has 0 aliphatic carbocycles. The van der Waals surface area contributed by atoms with Crippen LogP contribution in [0.2, 0.25) is 0 Å². The molecule has 1 aromatic carbocycles. The zero-order chi connectivity index (χ0) is 13.9. The Labute approximate surface area is 113 Å². The lowest BCUT2D eigenvalue weighted by atomic mass is 9.86. The lowest BCUT2D eigenvalue weighted by molar-refractivity contribution is 0.280. The maximum Gasteiger partial charge on any atom is 0.321 e. The molecule has 1 heterocycles. The summed E-state index contributed by atoms with van der Waals surface area (Å²) in [4.78, 5) is 8.15. The lowest BCUT2D eigenvalue weighted by Crippen LogP contribution is -2.12. The Bertz CT molecular complexity index is 545. The number of aromatic nitrogens is 2. The van der Waals surface area contributed by atoms with Crippen molar-refractivity contribution < 1.29 is 9.84 Å². The van der Waals surface area contributed by atoms with Crippen molar-refractivity contribution in [2.24, 2.45) is 0 Å². The summed E-state index contributed by atoms with van der Waals surface area (Å²) in [5.41, 5.74) is 1.75. The number of ether oxygens (including phenoxy) is 1. The fourth-order valence-electron chi connectivity index (χ4n) is 1.75. The zero-order valence-electron chi connectivity index (χ0n) is 11.4. The Hall–Kier alpha value is -1.94. The van der Waals surface area contributed by atoms with Crippen LogP contribution in [-0.2, 0) is 12.0 Å². The summed E-state index contributed by atoms with van der Waals surface area (Å²) >= 11 is 0. The third-order valence-electron chi connectivity index (χ3n) is 2.76. The first-order valence-electron chi connectivity index (χ1n) is 6.20. The van der Waals surface area contributed by atoms with Gasteiger partial charge in [-0.25, -0.2) is 9.97 Å². The van der Waals surface area contributed by atoms with Gasteiger partial charge in [0.05, 0.1) is 6.61 Å². The minimum atomic E-state index is -0.0706. The molecule has 1 aromatic heterocycles. The second kappa shape index (κ2) is 5.36. The highest BCUT2D eigenvalue weighted by Gasteiger charge is 2.19. The lowest BCUT2D eigenvalue weighted by Gasteiger charge is -2.21. The highest BCUT2D eigenvalue weighted by Crippen LogP contribution is 2.32. The Kier molecular flexibility index (Phi) is 3.81. The zero-order valence-corrected chi connectivity index (χ0v) is 11.4. The summed E-state index contributed by atoms with van der Waals surface area (Å²) in [5, 5.41) is 8.95. The van der Waals surface area contributed by atoms with Gasteiger partial charge < -0.3 is 9.84 Å². The summed E-state index contributed by atoms with van der Waals surface area (Å²) in [7, 11) is 0. The summed E-state index contributed by atoms with van der Waals surface area (Å²) in [6, 6.07) is 8.14. The summed E-state index contributed by atoms with van der Waals surface area (Å²) in [6.07, 6.45) is 3.12. The van der Waals surface area contributed by atoms with Crippen LogP contribution in [0.15, 0.2) is 36.7 Å². The second-order valence-electron chi connectivity index (χ2n) is 5.38. The van der Waals surface area contributed by atoms with Crippen molar-refractivity contribution in [3.8, 4) is 11.8 Å². The summed E-state index contributed by atoms with van der Waals surface area (Å²) in [5.74, 6) is 0.756. The molecule has 0 spiro atoms. The molecule has 0 aliphatic heterocycles. The van der Waals surface area contributed by atoms with Crippen molar-refractivity contribution in [1.29, 1.82) is 0 Å². The number of nitrogens with zero attached hydrogens (tertiary/aromatic N) is 2. The van der Waals surface area contributed by atoms with Crippen LogP contribution in [0.4, 0.5) is 0 Å². The average molecular weight is 258 g/mol. The highest BCUT2D eigenvalue weighted by molar-refractivity contribution is 5.39. The molecule has 0 fully saturated rings. The standard InChI is InChI=1S/C15H18N2O2/c1-15(2,3)12-6-4-5-7-13(12)19-14-16-8-11(10-18)9-17-14/h4-9,18H,10H2,1-3H3. The molecule has 2 rings (SSSR count). The Morgan fingerprint density at radius 2 is 1.74 bits per heavy atom. The van der Waals surface area contributed by atoms with Crippen LogP contribution in [0, 0.1) is 0 Å². The van der Waals surface area contributed by atoms with Crippen LogP contribution < -0.4 is 4.74 Å². The fourth-order valence-corrected chi connectivity index (χ4v) is 1.75. The van der Waals surface area contributed by atoms with E-state index in [2.05, 4.69) is 30.7 Å². The van der Waals surface area contributed by atoms with Gasteiger partial charge in [0.1, 0.15) is 5.75 Å². The minimum Gasteiger partial charge on any atom is -0.424 e. The van der Waals surface area contributed by atoms with Gasteiger partial charge in [0.25, 0.3) is 0 Å². The number of aliphatic hydroxyl groups is 1. The van der Waals surface area contributed by atoms with E-state index in [1.54, 1.807) is 12.4 Å². The highest BCUT2D eigenvalue weighted by atomic mass is 16.5. The van der Waals surface area contributed by atoms with Gasteiger partial charge in [0.2, 0.25) is 0 Å². The Balaban J connectivity index is 2.28. The molecular weight excluding hydrogens is 240 g/mol. The van der Waals surface area contributed by atoms with Crippen LogP contribution in [0.3, 0.4) is 0 Å². The molecule has 100 valence electrons. The van der Waals surface area contributed by atoms with E-state index < -0.39 is 0 Å². The minimum absolute atomic E-state index is 0.0123. The van der Waals surface area contributed by atoms with Crippen LogP contribution in [0.5, 0.6) is 11.8 Å². The molecule has 1 N–H and O–H groups in total. The van der Waals surface area contributed by atoms with E-state index in [9.17, 15) is 0 Å². The van der Waals surface area contributed by atoms with Gasteiger partial charge in [-0.1, -0.05) is 39.0 Å². The van der Waals surface area contributed by atoms with E-state index in [1.165, 1.54) is 0 Å². The molecule has 2 aromatic rings. The van der Waals surface area contributed by atoms with Gasteiger partial charge in [-0.05, 0) is 11.5 Å². The molecule has 4 heteroatoms. The Morgan fingerprint density at radius 3 is 2.32 bits per heavy atom. The molecule has 0 saturated carbocycles. The molecule has 0 radical (unpaired) electrons. The van der Waals surface area contributed by atoms with Crippen LogP contribution >= 0.6 is 0 Å². The largest absolute Gasteiger partial charge is 0.424 e. The van der Waals surface area contributed by atoms with Gasteiger partial charge in [-0.15, -0.1) is 0 Å². The van der Waals surface area contributed by atoms with Crippen LogP contribution in [0.25, 0.3) is 0 Å². The van der Waals surface area contributed by atoms with Crippen LogP contribution in [-0.4, -0.2) is 15.1 Å². The third kappa shape index (κ3) is 3.29. The van der Waals surface area contributed by atoms with Crippen molar-refractivity contribution in [1.82, 2.24) is 9.97 Å². The first-order valence-corrected chi connectivity index (χ1v) is 6.20. The number of rotatable bonds is 3. The van der Waals surface area contributed by atoms with Crippen molar-refractivity contribution in [3.05, 3.63) is 47.8 Å². The van der Waals surface area contributed by atoms with E-state index in [0.717, 1.165) is 11.3 Å². The topological polar surface area (TPSA) is 55.2 Å². The second-order valence-corrected chi connectivity index (χ2v) is 5.38. The molecular formula is C15H18N2O2. The van der Waals surface area contributed by atoms with E-state index in [1.807, 2.05) is 24.3 Å². The van der Waals surface area contributed by atoms with Crippen molar-refractivity contribution >= 4 is 0 Å². The predicted octanol–water partition coefficient (Wildman–Crippen LogP) is 3.06. The normalized spacial score (nSPS) is 11.4.